The lowest BCUT2D eigenvalue weighted by Crippen LogP contribution is -2.44. The minimum Gasteiger partial charge on any atom is -0.495 e. The van der Waals surface area contributed by atoms with Crippen LogP contribution in [0, 0.1) is 0 Å². The van der Waals surface area contributed by atoms with Gasteiger partial charge in [0.25, 0.3) is 5.91 Å². The van der Waals surface area contributed by atoms with Crippen LogP contribution in [0.2, 0.25) is 0 Å². The number of aromatic nitrogens is 2. The number of ether oxygens (including phenoxy) is 1. The number of anilines is 4. The van der Waals surface area contributed by atoms with Crippen molar-refractivity contribution in [2.24, 2.45) is 0 Å². The lowest BCUT2D eigenvalue weighted by atomic mass is 10.0. The number of piperidine rings is 1. The third kappa shape index (κ3) is 6.56. The monoisotopic (exact) mass is 583 g/mol. The fourth-order valence-electron chi connectivity index (χ4n) is 5.16. The number of methoxy groups -OCH3 is 1. The molecule has 0 bridgehead atoms. The number of likely N-dealkylation sites (tertiary alicyclic amines) is 1. The zero-order valence-corrected chi connectivity index (χ0v) is 23.3. The Bertz CT molecular complexity index is 1470. The molecule has 2 aromatic carbocycles. The Balaban J connectivity index is 1.32. The van der Waals surface area contributed by atoms with Gasteiger partial charge in [-0.2, -0.15) is 18.2 Å². The first-order chi connectivity index (χ1) is 20.1. The number of benzene rings is 2. The maximum Gasteiger partial charge on any atom is 0.421 e. The van der Waals surface area contributed by atoms with Gasteiger partial charge < -0.3 is 30.9 Å². The largest absolute Gasteiger partial charge is 0.495 e. The number of carbonyl (C=O) groups is 2. The fourth-order valence-corrected chi connectivity index (χ4v) is 5.16. The van der Waals surface area contributed by atoms with Crippen LogP contribution in [0.4, 0.5) is 36.3 Å². The van der Waals surface area contributed by atoms with E-state index in [1.807, 2.05) is 0 Å². The summed E-state index contributed by atoms with van der Waals surface area (Å²) in [7, 11) is 1.43. The summed E-state index contributed by atoms with van der Waals surface area (Å²) in [5.41, 5.74) is 1.80. The molecule has 42 heavy (non-hydrogen) atoms. The maximum absolute atomic E-state index is 13.8. The summed E-state index contributed by atoms with van der Waals surface area (Å²) >= 11 is 0. The van der Waals surface area contributed by atoms with Crippen LogP contribution >= 0.6 is 0 Å². The Morgan fingerprint density at radius 3 is 2.69 bits per heavy atom. The topological polar surface area (TPSA) is 121 Å². The smallest absolute Gasteiger partial charge is 0.421 e. The van der Waals surface area contributed by atoms with Crippen LogP contribution < -0.4 is 26.0 Å². The summed E-state index contributed by atoms with van der Waals surface area (Å²) < 4.78 is 46.8. The van der Waals surface area contributed by atoms with Gasteiger partial charge in [0.05, 0.1) is 19.2 Å². The van der Waals surface area contributed by atoms with Gasteiger partial charge in [-0.25, -0.2) is 4.98 Å². The van der Waals surface area contributed by atoms with Crippen LogP contribution in [0.25, 0.3) is 0 Å². The molecule has 4 N–H and O–H groups in total. The molecular weight excluding hydrogens is 551 g/mol. The van der Waals surface area contributed by atoms with E-state index in [2.05, 4.69) is 43.1 Å². The van der Waals surface area contributed by atoms with E-state index < -0.39 is 17.6 Å². The first-order valence-corrected chi connectivity index (χ1v) is 13.7. The molecule has 222 valence electrons. The molecule has 5 rings (SSSR count). The number of hydrogen-bond donors (Lipinski definition) is 4. The summed E-state index contributed by atoms with van der Waals surface area (Å²) in [6.45, 7) is 4.99. The Morgan fingerprint density at radius 1 is 1.19 bits per heavy atom. The molecule has 0 radical (unpaired) electrons. The fraction of sp³-hybridized carbons (Fsp3) is 0.379. The van der Waals surface area contributed by atoms with Gasteiger partial charge in [0.15, 0.2) is 0 Å². The number of carbonyl (C=O) groups excluding carboxylic acids is 2. The lowest BCUT2D eigenvalue weighted by molar-refractivity contribution is -0.137. The SMILES string of the molecule is CCN1CCC(NC(=O)c2ccc(Nc3ncc(C(F)(F)F)c(NCc4cccc5c4CC(=O)N5)n3)c(OC)c2)CC1. The minimum atomic E-state index is -4.70. The van der Waals surface area contributed by atoms with Gasteiger partial charge in [0.2, 0.25) is 11.9 Å². The van der Waals surface area contributed by atoms with E-state index in [0.29, 0.717) is 34.4 Å². The van der Waals surface area contributed by atoms with Crippen LogP contribution in [-0.2, 0) is 23.9 Å². The Hall–Kier alpha value is -4.39. The van der Waals surface area contributed by atoms with E-state index in [9.17, 15) is 22.8 Å². The number of rotatable bonds is 9. The number of nitrogens with zero attached hydrogens (tertiary/aromatic N) is 3. The normalized spacial score (nSPS) is 15.6. The van der Waals surface area contributed by atoms with Crippen molar-refractivity contribution in [2.45, 2.75) is 44.9 Å². The second-order valence-corrected chi connectivity index (χ2v) is 10.2. The molecule has 1 fully saturated rings. The molecule has 13 heteroatoms. The Morgan fingerprint density at radius 2 is 1.98 bits per heavy atom. The molecular formula is C29H32F3N7O3. The molecule has 1 saturated heterocycles. The minimum absolute atomic E-state index is 0.0161. The van der Waals surface area contributed by atoms with Crippen LogP contribution in [0.5, 0.6) is 5.75 Å². The van der Waals surface area contributed by atoms with Gasteiger partial charge in [-0.05, 0) is 54.8 Å². The van der Waals surface area contributed by atoms with Crippen molar-refractivity contribution in [1.29, 1.82) is 0 Å². The van der Waals surface area contributed by atoms with Crippen LogP contribution in [0.15, 0.2) is 42.6 Å². The highest BCUT2D eigenvalue weighted by atomic mass is 19.4. The highest BCUT2D eigenvalue weighted by Gasteiger charge is 2.35. The molecule has 0 spiro atoms. The highest BCUT2D eigenvalue weighted by Crippen LogP contribution is 2.36. The third-order valence-corrected chi connectivity index (χ3v) is 7.51. The van der Waals surface area contributed by atoms with Gasteiger partial charge >= 0.3 is 6.18 Å². The second-order valence-electron chi connectivity index (χ2n) is 10.2. The van der Waals surface area contributed by atoms with Crippen molar-refractivity contribution < 1.29 is 27.5 Å². The molecule has 1 aromatic heterocycles. The molecule has 2 aliphatic rings. The zero-order chi connectivity index (χ0) is 29.9. The van der Waals surface area contributed by atoms with Gasteiger partial charge in [-0.1, -0.05) is 19.1 Å². The number of amides is 2. The molecule has 3 aromatic rings. The van der Waals surface area contributed by atoms with Crippen LogP contribution in [0.1, 0.15) is 46.8 Å². The molecule has 0 aliphatic carbocycles. The second kappa shape index (κ2) is 12.2. The molecule has 2 amide bonds. The predicted molar refractivity (Wildman–Crippen MR) is 152 cm³/mol. The first-order valence-electron chi connectivity index (χ1n) is 13.7. The lowest BCUT2D eigenvalue weighted by Gasteiger charge is -2.31. The molecule has 2 aliphatic heterocycles. The quantitative estimate of drug-likeness (QED) is 0.289. The summed E-state index contributed by atoms with van der Waals surface area (Å²) in [5.74, 6) is -0.607. The Labute approximate surface area is 241 Å². The van der Waals surface area contributed by atoms with Crippen LogP contribution in [0.3, 0.4) is 0 Å². The molecule has 0 atom stereocenters. The maximum atomic E-state index is 13.8. The van der Waals surface area contributed by atoms with E-state index in [1.165, 1.54) is 7.11 Å². The van der Waals surface area contributed by atoms with Crippen molar-refractivity contribution >= 4 is 35.0 Å². The van der Waals surface area contributed by atoms with E-state index >= 15 is 0 Å². The summed E-state index contributed by atoms with van der Waals surface area (Å²) in [5, 5.41) is 11.5. The van der Waals surface area contributed by atoms with Crippen molar-refractivity contribution in [3.8, 4) is 5.75 Å². The number of nitrogens with one attached hydrogen (secondary N) is 4. The molecule has 10 nitrogen and oxygen atoms in total. The third-order valence-electron chi connectivity index (χ3n) is 7.51. The molecule has 0 saturated carbocycles. The molecule has 0 unspecified atom stereocenters. The average Bonchev–Trinajstić information content (AvgIpc) is 3.37. The van der Waals surface area contributed by atoms with E-state index in [1.54, 1.807) is 36.4 Å². The number of hydrogen-bond acceptors (Lipinski definition) is 8. The number of fused-ring (bicyclic) bond motifs is 1. The standard InChI is InChI=1S/C29H32F3N7O3/c1-3-39-11-9-19(10-12-39)35-27(41)17-7-8-23(24(13-17)42-2)37-28-34-16-21(29(30,31)32)26(38-28)33-15-18-5-4-6-22-20(18)14-25(40)36-22/h4-8,13,16,19H,3,9-12,14-15H2,1-2H3,(H,35,41)(H,36,40)(H2,33,34,37,38). The summed E-state index contributed by atoms with van der Waals surface area (Å²) in [6, 6.07) is 10.1. The van der Waals surface area contributed by atoms with Gasteiger partial charge in [-0.15, -0.1) is 0 Å². The van der Waals surface area contributed by atoms with Gasteiger partial charge in [0, 0.05) is 43.1 Å². The number of halogens is 3. The van der Waals surface area contributed by atoms with Crippen LogP contribution in [-0.4, -0.2) is 59.5 Å². The van der Waals surface area contributed by atoms with Gasteiger partial charge in [0.1, 0.15) is 17.1 Å². The molecule has 3 heterocycles. The average molecular weight is 584 g/mol. The number of alkyl halides is 3. The summed E-state index contributed by atoms with van der Waals surface area (Å²) in [4.78, 5) is 35.0. The van der Waals surface area contributed by atoms with Crippen molar-refractivity contribution in [1.82, 2.24) is 20.2 Å². The van der Waals surface area contributed by atoms with Crippen molar-refractivity contribution in [2.75, 3.05) is 42.7 Å². The summed E-state index contributed by atoms with van der Waals surface area (Å²) in [6.07, 6.45) is -2.09. The first kappa shape index (κ1) is 29.1. The van der Waals surface area contributed by atoms with Gasteiger partial charge in [-0.3, -0.25) is 9.59 Å². The zero-order valence-electron chi connectivity index (χ0n) is 23.3. The highest BCUT2D eigenvalue weighted by molar-refractivity contribution is 5.99. The predicted octanol–water partition coefficient (Wildman–Crippen LogP) is 4.57. The van der Waals surface area contributed by atoms with Crippen molar-refractivity contribution in [3.63, 3.8) is 0 Å². The van der Waals surface area contributed by atoms with Crippen molar-refractivity contribution in [3.05, 3.63) is 64.8 Å². The Kier molecular flexibility index (Phi) is 8.48. The van der Waals surface area contributed by atoms with E-state index in [4.69, 9.17) is 4.74 Å². The van der Waals surface area contributed by atoms with E-state index in [0.717, 1.165) is 38.0 Å². The van der Waals surface area contributed by atoms with E-state index in [-0.39, 0.29) is 36.8 Å².